The molecule has 1 aromatic rings. The van der Waals surface area contributed by atoms with Gasteiger partial charge in [0, 0.05) is 0 Å². The number of aryl methyl sites for hydroxylation is 1. The molecule has 0 heterocycles. The highest BCUT2D eigenvalue weighted by Crippen LogP contribution is 2.33. The summed E-state index contributed by atoms with van der Waals surface area (Å²) in [6, 6.07) is 5.90. The van der Waals surface area contributed by atoms with Crippen molar-refractivity contribution in [3.05, 3.63) is 29.3 Å². The van der Waals surface area contributed by atoms with Crippen molar-refractivity contribution in [2.45, 2.75) is 26.2 Å². The zero-order chi connectivity index (χ0) is 11.5. The summed E-state index contributed by atoms with van der Waals surface area (Å²) in [6.45, 7) is 2.79. The van der Waals surface area contributed by atoms with E-state index in [-0.39, 0.29) is 0 Å². The van der Waals surface area contributed by atoms with Crippen molar-refractivity contribution in [1.82, 2.24) is 0 Å². The van der Waals surface area contributed by atoms with Gasteiger partial charge in [0.05, 0.1) is 12.2 Å². The highest BCUT2D eigenvalue weighted by Gasteiger charge is 2.21. The van der Waals surface area contributed by atoms with Crippen LogP contribution in [0.2, 0.25) is 0 Å². The molecule has 86 valence electrons. The van der Waals surface area contributed by atoms with Gasteiger partial charge in [-0.05, 0) is 30.9 Å². The lowest BCUT2D eigenvalue weighted by molar-refractivity contribution is 0.300. The van der Waals surface area contributed by atoms with Gasteiger partial charge in [0.15, 0.2) is 0 Å². The number of benzene rings is 1. The van der Waals surface area contributed by atoms with Crippen molar-refractivity contribution in [1.29, 1.82) is 0 Å². The second-order valence-electron chi connectivity index (χ2n) is 4.40. The smallest absolute Gasteiger partial charge is 0.132 e. The van der Waals surface area contributed by atoms with Crippen molar-refractivity contribution in [2.75, 3.05) is 6.61 Å². The molecular formula is C13H17NOS. The number of hydrogen-bond acceptors (Lipinski definition) is 2. The fourth-order valence-electron chi connectivity index (χ4n) is 1.77. The van der Waals surface area contributed by atoms with Gasteiger partial charge >= 0.3 is 0 Å². The molecule has 2 nitrogen and oxygen atoms in total. The molecule has 0 spiro atoms. The largest absolute Gasteiger partial charge is 0.493 e. The minimum Gasteiger partial charge on any atom is -0.493 e. The topological polar surface area (TPSA) is 35.2 Å². The molecule has 3 heteroatoms. The van der Waals surface area contributed by atoms with E-state index in [0.717, 1.165) is 35.8 Å². The molecule has 0 saturated heterocycles. The lowest BCUT2D eigenvalue weighted by atomic mass is 10.1. The molecule has 1 aliphatic carbocycles. The Kier molecular flexibility index (Phi) is 3.44. The SMILES string of the molecule is Cc1cccc(C(N)=S)c1OCCC1CC1. The molecule has 0 aromatic heterocycles. The van der Waals surface area contributed by atoms with Gasteiger partial charge in [0.1, 0.15) is 10.7 Å². The lowest BCUT2D eigenvalue weighted by Crippen LogP contribution is -2.13. The van der Waals surface area contributed by atoms with Crippen molar-refractivity contribution in [2.24, 2.45) is 11.7 Å². The van der Waals surface area contributed by atoms with Crippen LogP contribution in [0.1, 0.15) is 30.4 Å². The zero-order valence-electron chi connectivity index (χ0n) is 9.53. The maximum absolute atomic E-state index is 5.81. The summed E-state index contributed by atoms with van der Waals surface area (Å²) in [5.41, 5.74) is 7.63. The van der Waals surface area contributed by atoms with E-state index in [4.69, 9.17) is 22.7 Å². The Morgan fingerprint density at radius 1 is 1.50 bits per heavy atom. The number of ether oxygens (including phenoxy) is 1. The van der Waals surface area contributed by atoms with Gasteiger partial charge in [0.2, 0.25) is 0 Å². The van der Waals surface area contributed by atoms with Crippen LogP contribution in [-0.4, -0.2) is 11.6 Å². The summed E-state index contributed by atoms with van der Waals surface area (Å²) in [5.74, 6) is 1.74. The molecule has 16 heavy (non-hydrogen) atoms. The highest BCUT2D eigenvalue weighted by atomic mass is 32.1. The minimum atomic E-state index is 0.408. The molecule has 0 bridgehead atoms. The molecule has 0 atom stereocenters. The third-order valence-electron chi connectivity index (χ3n) is 2.95. The van der Waals surface area contributed by atoms with Crippen LogP contribution in [0.5, 0.6) is 5.75 Å². The Morgan fingerprint density at radius 2 is 2.25 bits per heavy atom. The molecule has 1 saturated carbocycles. The van der Waals surface area contributed by atoms with E-state index in [9.17, 15) is 0 Å². The fraction of sp³-hybridized carbons (Fsp3) is 0.462. The predicted octanol–water partition coefficient (Wildman–Crippen LogP) is 2.81. The highest BCUT2D eigenvalue weighted by molar-refractivity contribution is 7.80. The quantitative estimate of drug-likeness (QED) is 0.797. The molecular weight excluding hydrogens is 218 g/mol. The standard InChI is InChI=1S/C13H17NOS/c1-9-3-2-4-11(13(14)16)12(9)15-8-7-10-5-6-10/h2-4,10H,5-8H2,1H3,(H2,14,16). The van der Waals surface area contributed by atoms with Gasteiger partial charge in [-0.15, -0.1) is 0 Å². The molecule has 0 radical (unpaired) electrons. The Balaban J connectivity index is 2.06. The lowest BCUT2D eigenvalue weighted by Gasteiger charge is -2.13. The number of thiocarbonyl (C=S) groups is 1. The molecule has 0 unspecified atom stereocenters. The van der Waals surface area contributed by atoms with Gasteiger partial charge in [-0.25, -0.2) is 0 Å². The van der Waals surface area contributed by atoms with Crippen LogP contribution in [0, 0.1) is 12.8 Å². The van der Waals surface area contributed by atoms with Crippen LogP contribution in [-0.2, 0) is 0 Å². The molecule has 0 aliphatic heterocycles. The summed E-state index contributed by atoms with van der Waals surface area (Å²) in [5, 5.41) is 0. The third-order valence-corrected chi connectivity index (χ3v) is 3.17. The fourth-order valence-corrected chi connectivity index (χ4v) is 1.93. The summed E-state index contributed by atoms with van der Waals surface area (Å²) in [7, 11) is 0. The summed E-state index contributed by atoms with van der Waals surface area (Å²) < 4.78 is 5.81. The molecule has 2 N–H and O–H groups in total. The first-order valence-electron chi connectivity index (χ1n) is 5.70. The van der Waals surface area contributed by atoms with E-state index in [1.807, 2.05) is 25.1 Å². The first-order valence-corrected chi connectivity index (χ1v) is 6.11. The van der Waals surface area contributed by atoms with E-state index >= 15 is 0 Å². The van der Waals surface area contributed by atoms with Crippen LogP contribution in [0.25, 0.3) is 0 Å². The Labute approximate surface area is 102 Å². The number of hydrogen-bond donors (Lipinski definition) is 1. The Morgan fingerprint density at radius 3 is 2.88 bits per heavy atom. The molecule has 0 amide bonds. The van der Waals surface area contributed by atoms with Crippen LogP contribution in [0.15, 0.2) is 18.2 Å². The normalized spacial score (nSPS) is 14.8. The maximum Gasteiger partial charge on any atom is 0.132 e. The van der Waals surface area contributed by atoms with Crippen LogP contribution >= 0.6 is 12.2 Å². The van der Waals surface area contributed by atoms with Gasteiger partial charge in [0.25, 0.3) is 0 Å². The van der Waals surface area contributed by atoms with E-state index in [0.29, 0.717) is 4.99 Å². The molecule has 1 aliphatic rings. The zero-order valence-corrected chi connectivity index (χ0v) is 10.3. The van der Waals surface area contributed by atoms with Crippen molar-refractivity contribution in [3.63, 3.8) is 0 Å². The second kappa shape index (κ2) is 4.83. The molecule has 1 aromatic carbocycles. The molecule has 1 fully saturated rings. The average Bonchev–Trinajstić information content (AvgIpc) is 3.04. The van der Waals surface area contributed by atoms with Gasteiger partial charge in [-0.3, -0.25) is 0 Å². The maximum atomic E-state index is 5.81. The van der Waals surface area contributed by atoms with Crippen molar-refractivity contribution >= 4 is 17.2 Å². The van der Waals surface area contributed by atoms with E-state index in [1.165, 1.54) is 12.8 Å². The number of rotatable bonds is 5. The van der Waals surface area contributed by atoms with Crippen LogP contribution in [0.4, 0.5) is 0 Å². The first-order chi connectivity index (χ1) is 7.68. The number of para-hydroxylation sites is 1. The summed E-state index contributed by atoms with van der Waals surface area (Å²) in [4.78, 5) is 0.408. The first kappa shape index (κ1) is 11.4. The predicted molar refractivity (Wildman–Crippen MR) is 69.9 cm³/mol. The minimum absolute atomic E-state index is 0.408. The van der Waals surface area contributed by atoms with Crippen molar-refractivity contribution in [3.8, 4) is 5.75 Å². The number of nitrogens with two attached hydrogens (primary N) is 1. The summed E-state index contributed by atoms with van der Waals surface area (Å²) >= 11 is 5.02. The third kappa shape index (κ3) is 2.73. The average molecular weight is 235 g/mol. The van der Waals surface area contributed by atoms with Crippen LogP contribution < -0.4 is 10.5 Å². The van der Waals surface area contributed by atoms with E-state index in [2.05, 4.69) is 0 Å². The van der Waals surface area contributed by atoms with Crippen LogP contribution in [0.3, 0.4) is 0 Å². The second-order valence-corrected chi connectivity index (χ2v) is 4.84. The van der Waals surface area contributed by atoms with E-state index in [1.54, 1.807) is 0 Å². The van der Waals surface area contributed by atoms with Crippen molar-refractivity contribution < 1.29 is 4.74 Å². The van der Waals surface area contributed by atoms with Gasteiger partial charge in [-0.2, -0.15) is 0 Å². The van der Waals surface area contributed by atoms with Gasteiger partial charge < -0.3 is 10.5 Å². The molecule has 2 rings (SSSR count). The monoisotopic (exact) mass is 235 g/mol. The Hall–Kier alpha value is -1.09. The summed E-state index contributed by atoms with van der Waals surface area (Å²) in [6.07, 6.45) is 3.86. The Bertz CT molecular complexity index is 399. The van der Waals surface area contributed by atoms with Gasteiger partial charge in [-0.1, -0.05) is 37.2 Å². The van der Waals surface area contributed by atoms with E-state index < -0.39 is 0 Å².